The molecular formula is C43H38F6N4O2. The van der Waals surface area contributed by atoms with E-state index in [1.165, 1.54) is 30.3 Å². The highest BCUT2D eigenvalue weighted by Crippen LogP contribution is 2.31. The number of nitrogens with zero attached hydrogens (tertiary/aromatic N) is 3. The van der Waals surface area contributed by atoms with Crippen molar-refractivity contribution in [3.8, 4) is 11.3 Å². The zero-order chi connectivity index (χ0) is 39.0. The van der Waals surface area contributed by atoms with E-state index < -0.39 is 35.3 Å². The number of rotatable bonds is 11. The molecule has 1 aliphatic heterocycles. The Morgan fingerprint density at radius 2 is 1.25 bits per heavy atom. The van der Waals surface area contributed by atoms with Gasteiger partial charge in [-0.3, -0.25) is 19.5 Å². The van der Waals surface area contributed by atoms with Crippen molar-refractivity contribution in [2.75, 3.05) is 26.2 Å². The monoisotopic (exact) mass is 756 g/mol. The SMILES string of the molecule is O=C(NCc1ccc(-c2ccccn2)cc1)C(=Cc1ccc(C(F)(F)F)cc1)[C@H](Cc1ccccc1)C(=O)N1CCN(Cc2ccc(C(F)(F)F)cc2)CC1. The number of alkyl halides is 6. The molecule has 6 rings (SSSR count). The normalized spacial score (nSPS) is 14.7. The smallest absolute Gasteiger partial charge is 0.348 e. The number of piperazine rings is 1. The molecule has 6 nitrogen and oxygen atoms in total. The Balaban J connectivity index is 1.24. The molecule has 0 aliphatic carbocycles. The summed E-state index contributed by atoms with van der Waals surface area (Å²) in [5.41, 5.74) is 2.84. The van der Waals surface area contributed by atoms with Gasteiger partial charge in [0.1, 0.15) is 0 Å². The summed E-state index contributed by atoms with van der Waals surface area (Å²) >= 11 is 0. The number of pyridine rings is 1. The van der Waals surface area contributed by atoms with Gasteiger partial charge in [-0.15, -0.1) is 0 Å². The molecule has 0 bridgehead atoms. The third-order valence-electron chi connectivity index (χ3n) is 9.52. The van der Waals surface area contributed by atoms with Gasteiger partial charge < -0.3 is 10.2 Å². The summed E-state index contributed by atoms with van der Waals surface area (Å²) in [7, 11) is 0. The van der Waals surface area contributed by atoms with Crippen molar-refractivity contribution in [2.45, 2.75) is 31.9 Å². The predicted octanol–water partition coefficient (Wildman–Crippen LogP) is 8.69. The number of carbonyl (C=O) groups excluding carboxylic acids is 2. The molecule has 0 radical (unpaired) electrons. The first-order valence-corrected chi connectivity index (χ1v) is 17.7. The fourth-order valence-corrected chi connectivity index (χ4v) is 6.47. The highest BCUT2D eigenvalue weighted by Gasteiger charge is 2.34. The van der Waals surface area contributed by atoms with Crippen LogP contribution in [0.15, 0.2) is 133 Å². The number of hydrogen-bond acceptors (Lipinski definition) is 4. The van der Waals surface area contributed by atoms with E-state index in [0.717, 1.165) is 46.6 Å². The second-order valence-corrected chi connectivity index (χ2v) is 13.4. The summed E-state index contributed by atoms with van der Waals surface area (Å²) in [6.45, 7) is 2.04. The maximum atomic E-state index is 14.5. The minimum atomic E-state index is -4.55. The van der Waals surface area contributed by atoms with Crippen molar-refractivity contribution >= 4 is 17.9 Å². The number of nitrogens with one attached hydrogen (secondary N) is 1. The first-order chi connectivity index (χ1) is 26.3. The molecule has 12 heteroatoms. The van der Waals surface area contributed by atoms with Gasteiger partial charge in [0.05, 0.1) is 22.7 Å². The molecule has 0 unspecified atom stereocenters. The van der Waals surface area contributed by atoms with Crippen LogP contribution in [0.1, 0.15) is 33.4 Å². The van der Waals surface area contributed by atoms with E-state index in [0.29, 0.717) is 43.9 Å². The van der Waals surface area contributed by atoms with Crippen molar-refractivity contribution in [3.63, 3.8) is 0 Å². The second kappa shape index (κ2) is 17.2. The van der Waals surface area contributed by atoms with Crippen LogP contribution in [0.5, 0.6) is 0 Å². The lowest BCUT2D eigenvalue weighted by molar-refractivity contribution is -0.138. The van der Waals surface area contributed by atoms with Gasteiger partial charge in [-0.1, -0.05) is 84.9 Å². The fraction of sp³-hybridized carbons (Fsp3) is 0.233. The van der Waals surface area contributed by atoms with Gasteiger partial charge in [-0.25, -0.2) is 0 Å². The van der Waals surface area contributed by atoms with Gasteiger partial charge in [-0.05, 0) is 71.1 Å². The minimum Gasteiger partial charge on any atom is -0.348 e. The van der Waals surface area contributed by atoms with Crippen molar-refractivity contribution in [3.05, 3.63) is 166 Å². The molecule has 0 saturated carbocycles. The summed E-state index contributed by atoms with van der Waals surface area (Å²) in [6.07, 6.45) is -5.64. The average molecular weight is 757 g/mol. The Morgan fingerprint density at radius 3 is 1.84 bits per heavy atom. The van der Waals surface area contributed by atoms with Gasteiger partial charge >= 0.3 is 12.4 Å². The third kappa shape index (κ3) is 10.5. The lowest BCUT2D eigenvalue weighted by Crippen LogP contribution is -2.51. The largest absolute Gasteiger partial charge is 0.416 e. The summed E-state index contributed by atoms with van der Waals surface area (Å²) in [4.78, 5) is 36.7. The van der Waals surface area contributed by atoms with Crippen LogP contribution in [-0.2, 0) is 41.5 Å². The molecule has 55 heavy (non-hydrogen) atoms. The van der Waals surface area contributed by atoms with Crippen molar-refractivity contribution in [2.24, 2.45) is 5.92 Å². The lowest BCUT2D eigenvalue weighted by atomic mass is 9.88. The Labute approximate surface area is 315 Å². The zero-order valence-electron chi connectivity index (χ0n) is 29.7. The fourth-order valence-electron chi connectivity index (χ4n) is 6.47. The number of halogens is 6. The third-order valence-corrected chi connectivity index (χ3v) is 9.52. The molecule has 1 N–H and O–H groups in total. The first-order valence-electron chi connectivity index (χ1n) is 17.7. The van der Waals surface area contributed by atoms with Crippen LogP contribution >= 0.6 is 0 Å². The molecule has 1 aliphatic rings. The molecule has 1 saturated heterocycles. The number of aromatic nitrogens is 1. The molecule has 1 atom stereocenters. The van der Waals surface area contributed by atoms with E-state index in [9.17, 15) is 35.9 Å². The van der Waals surface area contributed by atoms with Crippen LogP contribution in [0, 0.1) is 5.92 Å². The molecule has 2 amide bonds. The second-order valence-electron chi connectivity index (χ2n) is 13.4. The topological polar surface area (TPSA) is 65.5 Å². The lowest BCUT2D eigenvalue weighted by Gasteiger charge is -2.37. The summed E-state index contributed by atoms with van der Waals surface area (Å²) < 4.78 is 79.4. The summed E-state index contributed by atoms with van der Waals surface area (Å²) in [5, 5.41) is 2.93. The van der Waals surface area contributed by atoms with Crippen molar-refractivity contribution in [1.82, 2.24) is 20.1 Å². The highest BCUT2D eigenvalue weighted by atomic mass is 19.4. The van der Waals surface area contributed by atoms with E-state index in [-0.39, 0.29) is 24.4 Å². The van der Waals surface area contributed by atoms with Crippen molar-refractivity contribution in [1.29, 1.82) is 0 Å². The first kappa shape index (κ1) is 39.0. The molecule has 4 aromatic carbocycles. The minimum absolute atomic E-state index is 0.103. The van der Waals surface area contributed by atoms with Crippen LogP contribution in [0.3, 0.4) is 0 Å². The van der Waals surface area contributed by atoms with Gasteiger partial charge in [-0.2, -0.15) is 26.3 Å². The summed E-state index contributed by atoms with van der Waals surface area (Å²) in [6, 6.07) is 31.7. The maximum Gasteiger partial charge on any atom is 0.416 e. The number of carbonyl (C=O) groups is 2. The highest BCUT2D eigenvalue weighted by molar-refractivity contribution is 6.04. The van der Waals surface area contributed by atoms with E-state index >= 15 is 0 Å². The van der Waals surface area contributed by atoms with Gasteiger partial charge in [0, 0.05) is 56.6 Å². The molecule has 5 aromatic rings. The van der Waals surface area contributed by atoms with Crippen molar-refractivity contribution < 1.29 is 35.9 Å². The Kier molecular flexibility index (Phi) is 12.1. The number of amides is 2. The Bertz CT molecular complexity index is 2060. The maximum absolute atomic E-state index is 14.5. The number of hydrogen-bond donors (Lipinski definition) is 1. The quantitative estimate of drug-likeness (QED) is 0.108. The van der Waals surface area contributed by atoms with E-state index in [1.807, 2.05) is 77.7 Å². The standard InChI is InChI=1S/C43H38F6N4O2/c44-42(45,46)35-17-11-31(12-18-35)26-37(40(54)51-28-32-9-15-34(16-10-32)39-8-4-5-21-50-39)38(27-30-6-2-1-3-7-30)41(55)53-24-22-52(23-25-53)29-33-13-19-36(20-14-33)43(47,48)49/h1-21,26,38H,22-25,27-29H2,(H,51,54)/t38-/m0/s1. The van der Waals surface area contributed by atoms with Crippen LogP contribution in [0.25, 0.3) is 17.3 Å². The molecular weight excluding hydrogens is 718 g/mol. The molecule has 284 valence electrons. The van der Waals surface area contributed by atoms with Gasteiger partial charge in [0.15, 0.2) is 0 Å². The van der Waals surface area contributed by atoms with Crippen LogP contribution in [0.4, 0.5) is 26.3 Å². The Morgan fingerprint density at radius 1 is 0.673 bits per heavy atom. The molecule has 1 fully saturated rings. The zero-order valence-corrected chi connectivity index (χ0v) is 29.7. The van der Waals surface area contributed by atoms with Gasteiger partial charge in [0.25, 0.3) is 0 Å². The number of benzene rings is 4. The predicted molar refractivity (Wildman–Crippen MR) is 198 cm³/mol. The van der Waals surface area contributed by atoms with E-state index in [4.69, 9.17) is 0 Å². The van der Waals surface area contributed by atoms with E-state index in [2.05, 4.69) is 10.3 Å². The Hall–Kier alpha value is -5.75. The van der Waals surface area contributed by atoms with Gasteiger partial charge in [0.2, 0.25) is 11.8 Å². The average Bonchev–Trinajstić information content (AvgIpc) is 3.19. The molecule has 0 spiro atoms. The van der Waals surface area contributed by atoms with Crippen LogP contribution < -0.4 is 5.32 Å². The van der Waals surface area contributed by atoms with Crippen LogP contribution in [-0.4, -0.2) is 52.8 Å². The van der Waals surface area contributed by atoms with Crippen LogP contribution in [0.2, 0.25) is 0 Å². The molecule has 1 aromatic heterocycles. The van der Waals surface area contributed by atoms with E-state index in [1.54, 1.807) is 11.1 Å². The molecule has 2 heterocycles. The summed E-state index contributed by atoms with van der Waals surface area (Å²) in [5.74, 6) is -1.84.